The maximum atomic E-state index is 11.2. The molecular formula is C10H14O3. The topological polar surface area (TPSA) is 43.4 Å². The summed E-state index contributed by atoms with van der Waals surface area (Å²) in [5.41, 5.74) is -0.0768. The van der Waals surface area contributed by atoms with E-state index in [1.165, 1.54) is 7.11 Å². The van der Waals surface area contributed by atoms with Gasteiger partial charge in [0.2, 0.25) is 0 Å². The lowest BCUT2D eigenvalue weighted by molar-refractivity contribution is -0.137. The zero-order chi connectivity index (χ0) is 10.3. The van der Waals surface area contributed by atoms with E-state index in [-0.39, 0.29) is 11.4 Å². The quantitative estimate of drug-likeness (QED) is 0.213. The fourth-order valence-corrected chi connectivity index (χ4v) is 0.769. The maximum Gasteiger partial charge on any atom is 0.340 e. The average molecular weight is 182 g/mol. The van der Waals surface area contributed by atoms with Gasteiger partial charge in [-0.2, -0.15) is 0 Å². The van der Waals surface area contributed by atoms with Gasteiger partial charge in [0.1, 0.15) is 0 Å². The van der Waals surface area contributed by atoms with Gasteiger partial charge >= 0.3 is 5.97 Å². The van der Waals surface area contributed by atoms with Crippen molar-refractivity contribution < 1.29 is 14.3 Å². The van der Waals surface area contributed by atoms with Crippen LogP contribution >= 0.6 is 0 Å². The first kappa shape index (κ1) is 11.6. The number of Topliss-reactive ketones (excluding diaryl/α,β-unsaturated/α-hetero) is 1. The van der Waals surface area contributed by atoms with E-state index < -0.39 is 5.97 Å². The molecule has 0 aromatic heterocycles. The molecule has 0 fully saturated rings. The minimum Gasteiger partial charge on any atom is -0.465 e. The van der Waals surface area contributed by atoms with Gasteiger partial charge in [0, 0.05) is 6.42 Å². The highest BCUT2D eigenvalue weighted by Crippen LogP contribution is 2.02. The van der Waals surface area contributed by atoms with Crippen molar-refractivity contribution in [2.75, 3.05) is 7.11 Å². The lowest BCUT2D eigenvalue weighted by Crippen LogP contribution is -2.12. The standard InChI is InChI=1S/C10H14O3/c1-4-5-6-7-9(11)8(2)10(12)13-3/h4-5H,2,6-7H2,1,3H3/b5-4-. The summed E-state index contributed by atoms with van der Waals surface area (Å²) in [6.07, 6.45) is 4.65. The molecule has 0 aliphatic carbocycles. The first-order chi connectivity index (χ1) is 6.13. The van der Waals surface area contributed by atoms with Gasteiger partial charge in [0.05, 0.1) is 12.7 Å². The van der Waals surface area contributed by atoms with Crippen molar-refractivity contribution in [2.45, 2.75) is 19.8 Å². The number of hydrogen-bond donors (Lipinski definition) is 0. The summed E-state index contributed by atoms with van der Waals surface area (Å²) in [5, 5.41) is 0. The second-order valence-corrected chi connectivity index (χ2v) is 2.50. The Hall–Kier alpha value is -1.38. The molecule has 0 saturated heterocycles. The second-order valence-electron chi connectivity index (χ2n) is 2.50. The highest BCUT2D eigenvalue weighted by Gasteiger charge is 2.14. The van der Waals surface area contributed by atoms with Crippen LogP contribution in [0.2, 0.25) is 0 Å². The Morgan fingerprint density at radius 2 is 2.08 bits per heavy atom. The predicted molar refractivity (Wildman–Crippen MR) is 50.2 cm³/mol. The monoisotopic (exact) mass is 182 g/mol. The van der Waals surface area contributed by atoms with Crippen LogP contribution in [0, 0.1) is 0 Å². The fourth-order valence-electron chi connectivity index (χ4n) is 0.769. The van der Waals surface area contributed by atoms with E-state index in [9.17, 15) is 9.59 Å². The summed E-state index contributed by atoms with van der Waals surface area (Å²) in [6.45, 7) is 5.23. The van der Waals surface area contributed by atoms with Gasteiger partial charge in [-0.25, -0.2) is 4.79 Å². The zero-order valence-corrected chi connectivity index (χ0v) is 8.00. The number of carbonyl (C=O) groups excluding carboxylic acids is 2. The average Bonchev–Trinajstić information content (AvgIpc) is 2.15. The summed E-state index contributed by atoms with van der Waals surface area (Å²) in [4.78, 5) is 22.0. The SMILES string of the molecule is C=C(C(=O)CC/C=C\C)C(=O)OC. The highest BCUT2D eigenvalue weighted by molar-refractivity contribution is 6.16. The molecule has 0 radical (unpaired) electrons. The Morgan fingerprint density at radius 3 is 2.54 bits per heavy atom. The molecule has 3 heteroatoms. The molecule has 0 spiro atoms. The number of allylic oxidation sites excluding steroid dienone is 2. The number of hydrogen-bond acceptors (Lipinski definition) is 3. The molecule has 3 nitrogen and oxygen atoms in total. The van der Waals surface area contributed by atoms with Crippen LogP contribution in [0.5, 0.6) is 0 Å². The maximum absolute atomic E-state index is 11.2. The fraction of sp³-hybridized carbons (Fsp3) is 0.400. The Labute approximate surface area is 78.1 Å². The Kier molecular flexibility index (Phi) is 5.52. The van der Waals surface area contributed by atoms with Gasteiger partial charge in [0.25, 0.3) is 0 Å². The summed E-state index contributed by atoms with van der Waals surface area (Å²) < 4.78 is 4.36. The molecule has 0 aliphatic heterocycles. The van der Waals surface area contributed by atoms with E-state index in [1.54, 1.807) is 0 Å². The number of carbonyl (C=O) groups is 2. The summed E-state index contributed by atoms with van der Waals surface area (Å²) >= 11 is 0. The largest absolute Gasteiger partial charge is 0.465 e. The number of rotatable bonds is 5. The van der Waals surface area contributed by atoms with Crippen molar-refractivity contribution in [2.24, 2.45) is 0 Å². The van der Waals surface area contributed by atoms with Crippen LogP contribution in [0.1, 0.15) is 19.8 Å². The van der Waals surface area contributed by atoms with Crippen LogP contribution in [0.15, 0.2) is 24.3 Å². The first-order valence-electron chi connectivity index (χ1n) is 4.05. The van der Waals surface area contributed by atoms with Gasteiger partial charge in [-0.05, 0) is 13.3 Å². The van der Waals surface area contributed by atoms with Crippen molar-refractivity contribution in [1.29, 1.82) is 0 Å². The molecular weight excluding hydrogens is 168 g/mol. The van der Waals surface area contributed by atoms with E-state index in [1.807, 2.05) is 19.1 Å². The molecule has 0 aliphatic rings. The van der Waals surface area contributed by atoms with Gasteiger partial charge < -0.3 is 4.74 Å². The molecule has 0 rings (SSSR count). The van der Waals surface area contributed by atoms with Gasteiger partial charge in [-0.3, -0.25) is 4.79 Å². The van der Waals surface area contributed by atoms with Crippen LogP contribution in [0.3, 0.4) is 0 Å². The molecule has 13 heavy (non-hydrogen) atoms. The summed E-state index contributed by atoms with van der Waals surface area (Å²) in [7, 11) is 1.23. The smallest absolute Gasteiger partial charge is 0.340 e. The van der Waals surface area contributed by atoms with Crippen molar-refractivity contribution in [1.82, 2.24) is 0 Å². The van der Waals surface area contributed by atoms with E-state index in [4.69, 9.17) is 0 Å². The third-order valence-corrected chi connectivity index (χ3v) is 1.54. The molecule has 0 saturated carbocycles. The molecule has 0 heterocycles. The van der Waals surface area contributed by atoms with Crippen LogP contribution in [-0.4, -0.2) is 18.9 Å². The van der Waals surface area contributed by atoms with E-state index in [0.29, 0.717) is 12.8 Å². The van der Waals surface area contributed by atoms with Crippen LogP contribution in [0.25, 0.3) is 0 Å². The molecule has 0 unspecified atom stereocenters. The summed E-state index contributed by atoms with van der Waals surface area (Å²) in [6, 6.07) is 0. The molecule has 0 N–H and O–H groups in total. The molecule has 0 amide bonds. The zero-order valence-electron chi connectivity index (χ0n) is 8.00. The Bertz CT molecular complexity index is 239. The molecule has 0 aromatic rings. The molecule has 0 aromatic carbocycles. The van der Waals surface area contributed by atoms with E-state index >= 15 is 0 Å². The third-order valence-electron chi connectivity index (χ3n) is 1.54. The van der Waals surface area contributed by atoms with Gasteiger partial charge in [0.15, 0.2) is 5.78 Å². The van der Waals surface area contributed by atoms with Crippen LogP contribution in [0.4, 0.5) is 0 Å². The van der Waals surface area contributed by atoms with Gasteiger partial charge in [-0.15, -0.1) is 0 Å². The first-order valence-corrected chi connectivity index (χ1v) is 4.05. The van der Waals surface area contributed by atoms with Crippen molar-refractivity contribution in [3.05, 3.63) is 24.3 Å². The minimum atomic E-state index is -0.648. The molecule has 0 atom stereocenters. The lowest BCUT2D eigenvalue weighted by Gasteiger charge is -2.00. The Morgan fingerprint density at radius 1 is 1.46 bits per heavy atom. The van der Waals surface area contributed by atoms with Crippen molar-refractivity contribution in [3.63, 3.8) is 0 Å². The van der Waals surface area contributed by atoms with Crippen molar-refractivity contribution in [3.8, 4) is 0 Å². The lowest BCUT2D eigenvalue weighted by atomic mass is 10.1. The number of ketones is 1. The van der Waals surface area contributed by atoms with E-state index in [2.05, 4.69) is 11.3 Å². The normalized spacial score (nSPS) is 10.0. The molecule has 72 valence electrons. The van der Waals surface area contributed by atoms with Crippen molar-refractivity contribution >= 4 is 11.8 Å². The minimum absolute atomic E-state index is 0.0768. The van der Waals surface area contributed by atoms with E-state index in [0.717, 1.165) is 0 Å². The van der Waals surface area contributed by atoms with Crippen LogP contribution in [-0.2, 0) is 14.3 Å². The second kappa shape index (κ2) is 6.17. The number of methoxy groups -OCH3 is 1. The third kappa shape index (κ3) is 4.25. The Balaban J connectivity index is 3.97. The number of ether oxygens (including phenoxy) is 1. The number of esters is 1. The predicted octanol–water partition coefficient (Wildman–Crippen LogP) is 1.64. The van der Waals surface area contributed by atoms with Gasteiger partial charge in [-0.1, -0.05) is 18.7 Å². The molecule has 0 bridgehead atoms. The summed E-state index contributed by atoms with van der Waals surface area (Å²) in [5.74, 6) is -0.907. The van der Waals surface area contributed by atoms with Crippen LogP contribution < -0.4 is 0 Å². The highest BCUT2D eigenvalue weighted by atomic mass is 16.5.